The molecule has 12 heteroatoms. The number of fused-ring (bicyclic) bond motifs is 2. The van der Waals surface area contributed by atoms with Crippen molar-refractivity contribution in [2.45, 2.75) is 43.6 Å². The van der Waals surface area contributed by atoms with Crippen molar-refractivity contribution in [2.24, 2.45) is 11.5 Å². The van der Waals surface area contributed by atoms with Gasteiger partial charge in [-0.15, -0.1) is 10.2 Å². The van der Waals surface area contributed by atoms with Gasteiger partial charge in [0.15, 0.2) is 0 Å². The lowest BCUT2D eigenvalue weighted by Crippen LogP contribution is -2.42. The van der Waals surface area contributed by atoms with Gasteiger partial charge in [0, 0.05) is 23.2 Å². The molecule has 1 saturated heterocycles. The number of likely N-dealkylation sites (tertiary alicyclic amines) is 1. The van der Waals surface area contributed by atoms with Gasteiger partial charge in [0.2, 0.25) is 29.5 Å². The molecule has 0 spiro atoms. The zero-order chi connectivity index (χ0) is 32.4. The van der Waals surface area contributed by atoms with Crippen LogP contribution in [0.25, 0.3) is 11.5 Å². The zero-order valence-corrected chi connectivity index (χ0v) is 25.0. The molecule has 46 heavy (non-hydrogen) atoms. The Balaban J connectivity index is 1.46. The summed E-state index contributed by atoms with van der Waals surface area (Å²) in [6.45, 7) is 0.890. The highest BCUT2D eigenvalue weighted by molar-refractivity contribution is 5.94. The van der Waals surface area contributed by atoms with E-state index in [1.807, 2.05) is 12.1 Å². The van der Waals surface area contributed by atoms with Gasteiger partial charge in [0.05, 0.1) is 12.6 Å². The van der Waals surface area contributed by atoms with E-state index in [0.29, 0.717) is 55.5 Å². The SMILES string of the molecule is N#C[C@@H]1CCCN1C(=O)CNCCC1(c2nnc(-c3ccc(F)cc3)o2)c2ccc(C(N)=O)cc2CCc2cc(C(N)=O)ccc21. The van der Waals surface area contributed by atoms with Gasteiger partial charge in [-0.25, -0.2) is 4.39 Å². The van der Waals surface area contributed by atoms with Gasteiger partial charge in [-0.2, -0.15) is 5.26 Å². The Kier molecular flexibility index (Phi) is 8.34. The number of aryl methyl sites for hydroxylation is 2. The van der Waals surface area contributed by atoms with Crippen LogP contribution in [0.4, 0.5) is 4.39 Å². The van der Waals surface area contributed by atoms with Gasteiger partial charge in [0.1, 0.15) is 17.3 Å². The number of rotatable bonds is 9. The third kappa shape index (κ3) is 5.61. The Morgan fingerprint density at radius 2 is 1.61 bits per heavy atom. The molecule has 2 aliphatic rings. The summed E-state index contributed by atoms with van der Waals surface area (Å²) in [5.41, 5.74) is 14.7. The first kappa shape index (κ1) is 30.6. The van der Waals surface area contributed by atoms with E-state index in [4.69, 9.17) is 15.9 Å². The predicted octanol–water partition coefficient (Wildman–Crippen LogP) is 3.00. The first-order valence-corrected chi connectivity index (χ1v) is 15.1. The second kappa shape index (κ2) is 12.5. The number of aromatic nitrogens is 2. The minimum Gasteiger partial charge on any atom is -0.419 e. The smallest absolute Gasteiger partial charge is 0.248 e. The predicted molar refractivity (Wildman–Crippen MR) is 165 cm³/mol. The first-order chi connectivity index (χ1) is 22.2. The van der Waals surface area contributed by atoms with E-state index < -0.39 is 29.1 Å². The largest absolute Gasteiger partial charge is 0.419 e. The molecule has 3 amide bonds. The van der Waals surface area contributed by atoms with Crippen molar-refractivity contribution < 1.29 is 23.2 Å². The number of primary amides is 2. The minimum atomic E-state index is -1.10. The van der Waals surface area contributed by atoms with Crippen molar-refractivity contribution in [3.63, 3.8) is 0 Å². The lowest BCUT2D eigenvalue weighted by Gasteiger charge is -2.34. The van der Waals surface area contributed by atoms with E-state index >= 15 is 0 Å². The number of nitriles is 1. The number of hydrogen-bond acceptors (Lipinski definition) is 8. The number of amides is 3. The number of carbonyl (C=O) groups is 3. The van der Waals surface area contributed by atoms with E-state index in [-0.39, 0.29) is 24.2 Å². The van der Waals surface area contributed by atoms with Crippen LogP contribution in [0.5, 0.6) is 0 Å². The van der Waals surface area contributed by atoms with Gasteiger partial charge >= 0.3 is 0 Å². The second-order valence-corrected chi connectivity index (χ2v) is 11.6. The van der Waals surface area contributed by atoms with Crippen LogP contribution in [0.3, 0.4) is 0 Å². The molecule has 1 aliphatic carbocycles. The fraction of sp³-hybridized carbons (Fsp3) is 0.294. The first-order valence-electron chi connectivity index (χ1n) is 15.1. The summed E-state index contributed by atoms with van der Waals surface area (Å²) in [7, 11) is 0. The number of hydrogen-bond donors (Lipinski definition) is 3. The van der Waals surface area contributed by atoms with Gasteiger partial charge < -0.3 is 26.1 Å². The Morgan fingerprint density at radius 3 is 2.20 bits per heavy atom. The van der Waals surface area contributed by atoms with Gasteiger partial charge in [-0.1, -0.05) is 12.1 Å². The lowest BCUT2D eigenvalue weighted by molar-refractivity contribution is -0.130. The van der Waals surface area contributed by atoms with Crippen molar-refractivity contribution in [1.82, 2.24) is 20.4 Å². The normalized spacial score (nSPS) is 16.6. The van der Waals surface area contributed by atoms with Crippen LogP contribution in [-0.2, 0) is 23.1 Å². The fourth-order valence-electron chi connectivity index (χ4n) is 6.64. The summed E-state index contributed by atoms with van der Waals surface area (Å²) in [4.78, 5) is 39.0. The number of nitrogens with one attached hydrogen (secondary N) is 1. The molecule has 1 aromatic heterocycles. The van der Waals surface area contributed by atoms with Crippen molar-refractivity contribution in [1.29, 1.82) is 5.26 Å². The average Bonchev–Trinajstić information content (AvgIpc) is 3.73. The fourth-order valence-corrected chi connectivity index (χ4v) is 6.64. The lowest BCUT2D eigenvalue weighted by atomic mass is 9.69. The molecule has 6 rings (SSSR count). The van der Waals surface area contributed by atoms with Crippen molar-refractivity contribution in [3.05, 3.63) is 106 Å². The summed E-state index contributed by atoms with van der Waals surface area (Å²) in [5.74, 6) is -1.28. The number of carbonyl (C=O) groups excluding carboxylic acids is 3. The third-order valence-corrected chi connectivity index (χ3v) is 8.92. The molecule has 3 aromatic carbocycles. The molecule has 2 heterocycles. The Morgan fingerprint density at radius 1 is 0.978 bits per heavy atom. The van der Waals surface area contributed by atoms with Crippen LogP contribution in [0, 0.1) is 17.1 Å². The standard InChI is InChI=1S/C34H32FN7O4/c35-25-9-5-20(6-10-25)32-40-41-33(46-32)34(13-14-39-19-29(43)42-15-1-2-26(42)18-36)27-11-7-23(30(37)44)16-21(27)3-4-22-17-24(31(38)45)8-12-28(22)34/h5-12,16-17,26,39H,1-4,13-15,19H2,(H2,37,44)(H2,38,45)/t26-/m0/s1. The highest BCUT2D eigenvalue weighted by atomic mass is 19.1. The number of benzene rings is 3. The van der Waals surface area contributed by atoms with Crippen molar-refractivity contribution in [2.75, 3.05) is 19.6 Å². The summed E-state index contributed by atoms with van der Waals surface area (Å²) in [6, 6.07) is 18.0. The number of nitrogens with zero attached hydrogens (tertiary/aromatic N) is 4. The van der Waals surface area contributed by atoms with Crippen LogP contribution in [-0.4, -0.2) is 58.5 Å². The Labute approximate surface area is 264 Å². The molecule has 1 fully saturated rings. The van der Waals surface area contributed by atoms with Crippen LogP contribution in [0.15, 0.2) is 65.1 Å². The monoisotopic (exact) mass is 621 g/mol. The molecule has 4 aromatic rings. The van der Waals surface area contributed by atoms with E-state index in [2.05, 4.69) is 21.6 Å². The van der Waals surface area contributed by atoms with E-state index in [1.54, 1.807) is 41.3 Å². The van der Waals surface area contributed by atoms with E-state index in [1.165, 1.54) is 12.1 Å². The molecule has 0 saturated carbocycles. The molecule has 5 N–H and O–H groups in total. The Hall–Kier alpha value is -5.41. The Bertz CT molecular complexity index is 1800. The summed E-state index contributed by atoms with van der Waals surface area (Å²) < 4.78 is 20.1. The molecular weight excluding hydrogens is 589 g/mol. The van der Waals surface area contributed by atoms with Crippen LogP contribution < -0.4 is 16.8 Å². The molecule has 234 valence electrons. The summed E-state index contributed by atoms with van der Waals surface area (Å²) >= 11 is 0. The van der Waals surface area contributed by atoms with Crippen molar-refractivity contribution in [3.8, 4) is 17.5 Å². The quantitative estimate of drug-likeness (QED) is 0.239. The van der Waals surface area contributed by atoms with E-state index in [9.17, 15) is 24.0 Å². The number of halogens is 1. The summed E-state index contributed by atoms with van der Waals surface area (Å²) in [5, 5.41) is 21.6. The molecular formula is C34H32FN7O4. The second-order valence-electron chi connectivity index (χ2n) is 11.6. The maximum absolute atomic E-state index is 13.7. The third-order valence-electron chi connectivity index (χ3n) is 8.92. The molecule has 11 nitrogen and oxygen atoms in total. The van der Waals surface area contributed by atoms with Gasteiger partial charge in [-0.05, 0) is 109 Å². The molecule has 1 aliphatic heterocycles. The summed E-state index contributed by atoms with van der Waals surface area (Å²) in [6.07, 6.45) is 2.81. The van der Waals surface area contributed by atoms with Crippen LogP contribution in [0.1, 0.15) is 68.1 Å². The number of nitrogens with two attached hydrogens (primary N) is 2. The zero-order valence-electron chi connectivity index (χ0n) is 25.0. The minimum absolute atomic E-state index is 0.0276. The van der Waals surface area contributed by atoms with Gasteiger partial charge in [-0.3, -0.25) is 14.4 Å². The van der Waals surface area contributed by atoms with Crippen LogP contribution >= 0.6 is 0 Å². The topological polar surface area (TPSA) is 181 Å². The van der Waals surface area contributed by atoms with Crippen LogP contribution in [0.2, 0.25) is 0 Å². The molecule has 1 atom stereocenters. The van der Waals surface area contributed by atoms with E-state index in [0.717, 1.165) is 28.7 Å². The molecule has 0 bridgehead atoms. The highest BCUT2D eigenvalue weighted by Crippen LogP contribution is 2.47. The molecule has 0 radical (unpaired) electrons. The maximum Gasteiger partial charge on any atom is 0.248 e. The maximum atomic E-state index is 13.7. The molecule has 0 unspecified atom stereocenters. The van der Waals surface area contributed by atoms with Gasteiger partial charge in [0.25, 0.3) is 0 Å². The average molecular weight is 622 g/mol. The highest BCUT2D eigenvalue weighted by Gasteiger charge is 2.45. The van der Waals surface area contributed by atoms with Crippen molar-refractivity contribution >= 4 is 17.7 Å².